The fourth-order valence-electron chi connectivity index (χ4n) is 2.95. The monoisotopic (exact) mass is 280 g/mol. The maximum atomic E-state index is 12.1. The first-order valence-electron chi connectivity index (χ1n) is 7.49. The maximum Gasteiger partial charge on any atom is 0.317 e. The van der Waals surface area contributed by atoms with Gasteiger partial charge in [0.25, 0.3) is 0 Å². The van der Waals surface area contributed by atoms with Gasteiger partial charge in [-0.1, -0.05) is 11.6 Å². The fourth-order valence-corrected chi connectivity index (χ4v) is 2.95. The Morgan fingerprint density at radius 3 is 3.10 bits per heavy atom. The largest absolute Gasteiger partial charge is 0.469 e. The number of hydrogen-bond acceptors (Lipinski definition) is 3. The van der Waals surface area contributed by atoms with E-state index >= 15 is 0 Å². The van der Waals surface area contributed by atoms with Gasteiger partial charge in [-0.15, -0.1) is 0 Å². The number of methoxy groups -OCH3 is 1. The number of nitrogens with one attached hydrogen (secondary N) is 1. The average molecular weight is 280 g/mol. The van der Waals surface area contributed by atoms with Crippen molar-refractivity contribution in [1.29, 1.82) is 0 Å². The highest BCUT2D eigenvalue weighted by atomic mass is 16.5. The van der Waals surface area contributed by atoms with Crippen LogP contribution in [0.25, 0.3) is 0 Å². The standard InChI is InChI=1S/C15H24N2O3/c1-20-14(18)7-4-9-16-15(19)17-10-8-12-5-2-3-6-13(12)11-17/h6,12H,2-5,7-11H2,1H3,(H,16,19). The van der Waals surface area contributed by atoms with Crippen molar-refractivity contribution in [3.8, 4) is 0 Å². The van der Waals surface area contributed by atoms with Crippen LogP contribution in [0.4, 0.5) is 4.79 Å². The lowest BCUT2D eigenvalue weighted by Gasteiger charge is -2.36. The molecule has 1 aliphatic heterocycles. The highest BCUT2D eigenvalue weighted by Gasteiger charge is 2.27. The summed E-state index contributed by atoms with van der Waals surface area (Å²) in [5, 5.41) is 2.88. The Balaban J connectivity index is 1.70. The van der Waals surface area contributed by atoms with Gasteiger partial charge >= 0.3 is 12.0 Å². The molecular weight excluding hydrogens is 256 g/mol. The van der Waals surface area contributed by atoms with Crippen LogP contribution in [0, 0.1) is 5.92 Å². The SMILES string of the molecule is COC(=O)CCCNC(=O)N1CCC2CCCC=C2C1. The summed E-state index contributed by atoms with van der Waals surface area (Å²) in [5.41, 5.74) is 1.44. The summed E-state index contributed by atoms with van der Waals surface area (Å²) in [5.74, 6) is 0.472. The molecule has 0 bridgehead atoms. The second-order valence-corrected chi connectivity index (χ2v) is 5.53. The molecule has 5 nitrogen and oxygen atoms in total. The lowest BCUT2D eigenvalue weighted by atomic mass is 9.82. The summed E-state index contributed by atoms with van der Waals surface area (Å²) < 4.78 is 4.56. The number of fused-ring (bicyclic) bond motifs is 1. The Bertz CT molecular complexity index is 393. The molecule has 0 aromatic carbocycles. The molecular formula is C15H24N2O3. The van der Waals surface area contributed by atoms with Gasteiger partial charge < -0.3 is 15.0 Å². The zero-order valence-electron chi connectivity index (χ0n) is 12.2. The van der Waals surface area contributed by atoms with Crippen LogP contribution < -0.4 is 5.32 Å². The number of piperidine rings is 1. The zero-order valence-corrected chi connectivity index (χ0v) is 12.2. The number of rotatable bonds is 4. The molecule has 0 aromatic rings. The van der Waals surface area contributed by atoms with Crippen molar-refractivity contribution < 1.29 is 14.3 Å². The Hall–Kier alpha value is -1.52. The number of esters is 1. The van der Waals surface area contributed by atoms with Gasteiger partial charge in [0.15, 0.2) is 0 Å². The van der Waals surface area contributed by atoms with Gasteiger partial charge in [0, 0.05) is 26.1 Å². The van der Waals surface area contributed by atoms with Crippen molar-refractivity contribution in [3.63, 3.8) is 0 Å². The second kappa shape index (κ2) is 7.31. The minimum Gasteiger partial charge on any atom is -0.469 e. The normalized spacial score (nSPS) is 21.8. The fraction of sp³-hybridized carbons (Fsp3) is 0.733. The molecule has 0 aromatic heterocycles. The van der Waals surface area contributed by atoms with E-state index in [0.717, 1.165) is 25.9 Å². The summed E-state index contributed by atoms with van der Waals surface area (Å²) >= 11 is 0. The number of carbonyl (C=O) groups excluding carboxylic acids is 2. The van der Waals surface area contributed by atoms with Crippen LogP contribution >= 0.6 is 0 Å². The van der Waals surface area contributed by atoms with Gasteiger partial charge in [-0.05, 0) is 38.0 Å². The summed E-state index contributed by atoms with van der Waals surface area (Å²) in [7, 11) is 1.38. The van der Waals surface area contributed by atoms with E-state index in [1.165, 1.54) is 25.5 Å². The molecule has 1 saturated heterocycles. The van der Waals surface area contributed by atoms with Crippen LogP contribution in [0.5, 0.6) is 0 Å². The lowest BCUT2D eigenvalue weighted by molar-refractivity contribution is -0.140. The van der Waals surface area contributed by atoms with E-state index in [4.69, 9.17) is 0 Å². The number of nitrogens with zero attached hydrogens (tertiary/aromatic N) is 1. The van der Waals surface area contributed by atoms with E-state index < -0.39 is 0 Å². The molecule has 5 heteroatoms. The Morgan fingerprint density at radius 1 is 1.45 bits per heavy atom. The third kappa shape index (κ3) is 3.99. The van der Waals surface area contributed by atoms with Gasteiger partial charge in [-0.25, -0.2) is 4.79 Å². The van der Waals surface area contributed by atoms with E-state index in [1.807, 2.05) is 4.90 Å². The second-order valence-electron chi connectivity index (χ2n) is 5.53. The minimum absolute atomic E-state index is 0.0141. The molecule has 0 spiro atoms. The Morgan fingerprint density at radius 2 is 2.30 bits per heavy atom. The number of amides is 2. The highest BCUT2D eigenvalue weighted by molar-refractivity contribution is 5.75. The van der Waals surface area contributed by atoms with Gasteiger partial charge in [0.1, 0.15) is 0 Å². The molecule has 1 heterocycles. The number of likely N-dealkylation sites (tertiary alicyclic amines) is 1. The molecule has 2 amide bonds. The van der Waals surface area contributed by atoms with E-state index in [-0.39, 0.29) is 12.0 Å². The number of hydrogen-bond donors (Lipinski definition) is 1. The first-order chi connectivity index (χ1) is 9.70. The summed E-state index contributed by atoms with van der Waals surface area (Å²) in [6.07, 6.45) is 8.09. The molecule has 1 N–H and O–H groups in total. The van der Waals surface area contributed by atoms with Crippen molar-refractivity contribution >= 4 is 12.0 Å². The number of ether oxygens (including phenoxy) is 1. The molecule has 112 valence electrons. The summed E-state index contributed by atoms with van der Waals surface area (Å²) in [6.45, 7) is 2.13. The van der Waals surface area contributed by atoms with Crippen LogP contribution in [0.15, 0.2) is 11.6 Å². The smallest absolute Gasteiger partial charge is 0.317 e. The Kier molecular flexibility index (Phi) is 5.44. The maximum absolute atomic E-state index is 12.1. The van der Waals surface area contributed by atoms with Crippen LogP contribution in [-0.4, -0.2) is 43.6 Å². The van der Waals surface area contributed by atoms with Crippen molar-refractivity contribution in [2.24, 2.45) is 5.92 Å². The third-order valence-corrected chi connectivity index (χ3v) is 4.16. The predicted molar refractivity (Wildman–Crippen MR) is 76.3 cm³/mol. The molecule has 0 saturated carbocycles. The summed E-state index contributed by atoms with van der Waals surface area (Å²) in [4.78, 5) is 24.9. The quantitative estimate of drug-likeness (QED) is 0.487. The van der Waals surface area contributed by atoms with Gasteiger partial charge in [-0.2, -0.15) is 0 Å². The highest BCUT2D eigenvalue weighted by Crippen LogP contribution is 2.31. The van der Waals surface area contributed by atoms with Crippen LogP contribution in [0.3, 0.4) is 0 Å². The Labute approximate surface area is 120 Å². The number of allylic oxidation sites excluding steroid dienone is 1. The molecule has 1 atom stereocenters. The van der Waals surface area contributed by atoms with Crippen LogP contribution in [-0.2, 0) is 9.53 Å². The predicted octanol–water partition coefficient (Wildman–Crippen LogP) is 2.08. The van der Waals surface area contributed by atoms with Crippen molar-refractivity contribution in [2.45, 2.75) is 38.5 Å². The van der Waals surface area contributed by atoms with E-state index in [1.54, 1.807) is 0 Å². The van der Waals surface area contributed by atoms with Crippen molar-refractivity contribution in [3.05, 3.63) is 11.6 Å². The minimum atomic E-state index is -0.229. The van der Waals surface area contributed by atoms with E-state index in [9.17, 15) is 9.59 Å². The zero-order chi connectivity index (χ0) is 14.4. The van der Waals surface area contributed by atoms with E-state index in [2.05, 4.69) is 16.1 Å². The number of urea groups is 1. The van der Waals surface area contributed by atoms with Crippen LogP contribution in [0.1, 0.15) is 38.5 Å². The molecule has 0 radical (unpaired) electrons. The van der Waals surface area contributed by atoms with Crippen LogP contribution in [0.2, 0.25) is 0 Å². The molecule has 1 fully saturated rings. The first kappa shape index (κ1) is 14.9. The molecule has 20 heavy (non-hydrogen) atoms. The third-order valence-electron chi connectivity index (χ3n) is 4.16. The average Bonchev–Trinajstić information content (AvgIpc) is 2.50. The molecule has 2 rings (SSSR count). The summed E-state index contributed by atoms with van der Waals surface area (Å²) in [6, 6.07) is -0.0141. The van der Waals surface area contributed by atoms with E-state index in [0.29, 0.717) is 25.3 Å². The first-order valence-corrected chi connectivity index (χ1v) is 7.49. The van der Waals surface area contributed by atoms with Gasteiger partial charge in [-0.3, -0.25) is 4.79 Å². The van der Waals surface area contributed by atoms with Crippen molar-refractivity contribution in [1.82, 2.24) is 10.2 Å². The topological polar surface area (TPSA) is 58.6 Å². The molecule has 2 aliphatic rings. The van der Waals surface area contributed by atoms with Gasteiger partial charge in [0.05, 0.1) is 7.11 Å². The molecule has 1 unspecified atom stereocenters. The molecule has 1 aliphatic carbocycles. The van der Waals surface area contributed by atoms with Gasteiger partial charge in [0.2, 0.25) is 0 Å². The number of carbonyl (C=O) groups is 2. The lowest BCUT2D eigenvalue weighted by Crippen LogP contribution is -2.46. The van der Waals surface area contributed by atoms with Crippen molar-refractivity contribution in [2.75, 3.05) is 26.7 Å².